The molecule has 1 amide bonds. The van der Waals surface area contributed by atoms with Crippen LogP contribution in [0.4, 0.5) is 23.7 Å². The average Bonchev–Trinajstić information content (AvgIpc) is 2.81. The Labute approximate surface area is 196 Å². The highest BCUT2D eigenvalue weighted by molar-refractivity contribution is 7.90. The largest absolute Gasteiger partial charge is 0.516 e. The van der Waals surface area contributed by atoms with E-state index < -0.39 is 27.5 Å². The third-order valence-electron chi connectivity index (χ3n) is 4.98. The molecule has 0 saturated carbocycles. The Morgan fingerprint density at radius 3 is 2.29 bits per heavy atom. The highest BCUT2D eigenvalue weighted by atomic mass is 32.2. The SMILES string of the molecule is CC(C)C1=NN(c2ccc(CNC(=O)OCc3ccccc3)cc2)CCN1S(=O)(=O)C(F)(F)F. The van der Waals surface area contributed by atoms with Gasteiger partial charge in [0, 0.05) is 12.5 Å². The van der Waals surface area contributed by atoms with Crippen molar-refractivity contribution in [1.29, 1.82) is 0 Å². The predicted octanol–water partition coefficient (Wildman–Crippen LogP) is 4.05. The monoisotopic (exact) mass is 498 g/mol. The van der Waals surface area contributed by atoms with Crippen LogP contribution in [0.15, 0.2) is 59.7 Å². The summed E-state index contributed by atoms with van der Waals surface area (Å²) in [4.78, 5) is 11.9. The molecule has 1 aliphatic rings. The number of nitrogens with one attached hydrogen (secondary N) is 1. The number of ether oxygens (including phenoxy) is 1. The van der Waals surface area contributed by atoms with Crippen LogP contribution in [-0.2, 0) is 27.9 Å². The van der Waals surface area contributed by atoms with E-state index in [4.69, 9.17) is 4.74 Å². The Kier molecular flexibility index (Phi) is 7.70. The summed E-state index contributed by atoms with van der Waals surface area (Å²) in [7, 11) is -5.52. The minimum atomic E-state index is -5.52. The molecule has 0 spiro atoms. The molecule has 1 aliphatic heterocycles. The van der Waals surface area contributed by atoms with Gasteiger partial charge in [-0.25, -0.2) is 9.10 Å². The van der Waals surface area contributed by atoms with E-state index in [2.05, 4.69) is 10.4 Å². The lowest BCUT2D eigenvalue weighted by Gasteiger charge is -2.35. The Hall–Kier alpha value is -3.28. The standard InChI is InChI=1S/C22H25F3N4O4S/c1-16(2)20-27-28(12-13-29(20)34(31,32)22(23,24)25)19-10-8-17(9-11-19)14-26-21(30)33-15-18-6-4-3-5-7-18/h3-11,16H,12-15H2,1-2H3,(H,26,30). The first-order valence-corrected chi connectivity index (χ1v) is 11.9. The number of rotatable bonds is 7. The fourth-order valence-corrected chi connectivity index (χ4v) is 4.28. The maximum Gasteiger partial charge on any atom is 0.516 e. The van der Waals surface area contributed by atoms with Gasteiger partial charge in [-0.2, -0.15) is 26.7 Å². The van der Waals surface area contributed by atoms with E-state index in [0.717, 1.165) is 11.1 Å². The molecule has 8 nitrogen and oxygen atoms in total. The molecular formula is C22H25F3N4O4S. The summed E-state index contributed by atoms with van der Waals surface area (Å²) in [5.74, 6) is -0.735. The summed E-state index contributed by atoms with van der Waals surface area (Å²) >= 11 is 0. The zero-order valence-electron chi connectivity index (χ0n) is 18.6. The van der Waals surface area contributed by atoms with Crippen LogP contribution in [-0.4, -0.2) is 43.2 Å². The number of hydrogen-bond acceptors (Lipinski definition) is 6. The molecule has 0 aromatic heterocycles. The lowest BCUT2D eigenvalue weighted by atomic mass is 10.2. The maximum absolute atomic E-state index is 13.0. The van der Waals surface area contributed by atoms with Crippen molar-refractivity contribution in [3.05, 3.63) is 65.7 Å². The van der Waals surface area contributed by atoms with Crippen molar-refractivity contribution in [3.63, 3.8) is 0 Å². The number of alkyl carbamates (subject to hydrolysis) is 1. The molecule has 0 radical (unpaired) electrons. The third kappa shape index (κ3) is 5.99. The molecule has 34 heavy (non-hydrogen) atoms. The molecule has 2 aromatic carbocycles. The Balaban J connectivity index is 1.62. The van der Waals surface area contributed by atoms with Gasteiger partial charge in [-0.1, -0.05) is 56.3 Å². The first-order valence-electron chi connectivity index (χ1n) is 10.5. The van der Waals surface area contributed by atoms with E-state index in [1.807, 2.05) is 30.3 Å². The van der Waals surface area contributed by atoms with Gasteiger partial charge in [-0.05, 0) is 23.3 Å². The molecule has 1 N–H and O–H groups in total. The van der Waals surface area contributed by atoms with Gasteiger partial charge in [0.1, 0.15) is 12.4 Å². The second kappa shape index (κ2) is 10.3. The van der Waals surface area contributed by atoms with Crippen LogP contribution in [0.5, 0.6) is 0 Å². The van der Waals surface area contributed by atoms with E-state index in [1.165, 1.54) is 5.01 Å². The fourth-order valence-electron chi connectivity index (χ4n) is 3.22. The number of carbonyl (C=O) groups is 1. The summed E-state index contributed by atoms with van der Waals surface area (Å²) in [5, 5.41) is 8.28. The highest BCUT2D eigenvalue weighted by Crippen LogP contribution is 2.30. The van der Waals surface area contributed by atoms with Gasteiger partial charge in [0.15, 0.2) is 0 Å². The molecule has 0 unspecified atom stereocenters. The number of amidine groups is 1. The summed E-state index contributed by atoms with van der Waals surface area (Å²) in [5.41, 5.74) is -3.18. The Morgan fingerprint density at radius 1 is 1.06 bits per heavy atom. The normalized spacial score (nSPS) is 14.7. The Morgan fingerprint density at radius 2 is 1.71 bits per heavy atom. The van der Waals surface area contributed by atoms with E-state index in [9.17, 15) is 26.4 Å². The topological polar surface area (TPSA) is 91.3 Å². The molecule has 0 aliphatic carbocycles. The predicted molar refractivity (Wildman–Crippen MR) is 121 cm³/mol. The van der Waals surface area contributed by atoms with Crippen LogP contribution in [0.1, 0.15) is 25.0 Å². The van der Waals surface area contributed by atoms with Crippen molar-refractivity contribution in [2.24, 2.45) is 11.0 Å². The number of anilines is 1. The summed E-state index contributed by atoms with van der Waals surface area (Å²) in [6, 6.07) is 16.1. The van der Waals surface area contributed by atoms with Crippen molar-refractivity contribution < 1.29 is 31.1 Å². The van der Waals surface area contributed by atoms with Gasteiger partial charge < -0.3 is 10.1 Å². The number of sulfonamides is 1. The van der Waals surface area contributed by atoms with Crippen molar-refractivity contribution >= 4 is 27.6 Å². The molecule has 0 fully saturated rings. The van der Waals surface area contributed by atoms with Crippen LogP contribution in [0.25, 0.3) is 0 Å². The number of amides is 1. The molecule has 1 heterocycles. The minimum absolute atomic E-state index is 0.0467. The van der Waals surface area contributed by atoms with Crippen LogP contribution in [0, 0.1) is 5.92 Å². The van der Waals surface area contributed by atoms with Crippen molar-refractivity contribution in [2.75, 3.05) is 18.1 Å². The van der Waals surface area contributed by atoms with Gasteiger partial charge in [-0.15, -0.1) is 0 Å². The van der Waals surface area contributed by atoms with E-state index in [0.29, 0.717) is 9.99 Å². The fraction of sp³-hybridized carbons (Fsp3) is 0.364. The van der Waals surface area contributed by atoms with Gasteiger partial charge in [0.25, 0.3) is 0 Å². The molecule has 0 bridgehead atoms. The number of hydrogen-bond donors (Lipinski definition) is 1. The van der Waals surface area contributed by atoms with E-state index in [-0.39, 0.29) is 32.1 Å². The quantitative estimate of drug-likeness (QED) is 0.622. The number of carbonyl (C=O) groups excluding carboxylic acids is 1. The number of hydrazone groups is 1. The lowest BCUT2D eigenvalue weighted by Crippen LogP contribution is -2.52. The summed E-state index contributed by atoms with van der Waals surface area (Å²) < 4.78 is 68.5. The first kappa shape index (κ1) is 25.3. The second-order valence-electron chi connectivity index (χ2n) is 7.84. The van der Waals surface area contributed by atoms with Gasteiger partial charge in [0.05, 0.1) is 18.8 Å². The first-order chi connectivity index (χ1) is 16.0. The molecule has 0 atom stereocenters. The second-order valence-corrected chi connectivity index (χ2v) is 9.69. The maximum atomic E-state index is 13.0. The Bertz CT molecular complexity index is 1120. The summed E-state index contributed by atoms with van der Waals surface area (Å²) in [6.07, 6.45) is -0.568. The zero-order chi connectivity index (χ0) is 24.9. The molecule has 12 heteroatoms. The zero-order valence-corrected chi connectivity index (χ0v) is 19.4. The van der Waals surface area contributed by atoms with E-state index in [1.54, 1.807) is 38.1 Å². The van der Waals surface area contributed by atoms with Gasteiger partial charge in [0.2, 0.25) is 0 Å². The summed E-state index contributed by atoms with van der Waals surface area (Å²) in [6.45, 7) is 3.09. The van der Waals surface area contributed by atoms with Crippen LogP contribution in [0.2, 0.25) is 0 Å². The number of nitrogens with zero attached hydrogens (tertiary/aromatic N) is 3. The molecule has 0 saturated heterocycles. The van der Waals surface area contributed by atoms with Crippen LogP contribution in [0.3, 0.4) is 0 Å². The van der Waals surface area contributed by atoms with Gasteiger partial charge >= 0.3 is 21.6 Å². The van der Waals surface area contributed by atoms with E-state index >= 15 is 0 Å². The van der Waals surface area contributed by atoms with Crippen LogP contribution >= 0.6 is 0 Å². The highest BCUT2D eigenvalue weighted by Gasteiger charge is 2.52. The number of alkyl halides is 3. The third-order valence-corrected chi connectivity index (χ3v) is 6.51. The molecule has 184 valence electrons. The molecule has 2 aromatic rings. The van der Waals surface area contributed by atoms with Crippen molar-refractivity contribution in [3.8, 4) is 0 Å². The number of benzene rings is 2. The number of halogens is 3. The van der Waals surface area contributed by atoms with Gasteiger partial charge in [-0.3, -0.25) is 5.01 Å². The molecular weight excluding hydrogens is 473 g/mol. The lowest BCUT2D eigenvalue weighted by molar-refractivity contribution is -0.0473. The van der Waals surface area contributed by atoms with Crippen molar-refractivity contribution in [1.82, 2.24) is 9.62 Å². The van der Waals surface area contributed by atoms with Crippen molar-refractivity contribution in [2.45, 2.75) is 32.5 Å². The average molecular weight is 499 g/mol. The minimum Gasteiger partial charge on any atom is -0.445 e. The van der Waals surface area contributed by atoms with Crippen LogP contribution < -0.4 is 10.3 Å². The smallest absolute Gasteiger partial charge is 0.445 e. The molecule has 3 rings (SSSR count).